The maximum Gasteiger partial charge on any atom is 1.00 e. The van der Waals surface area contributed by atoms with Crippen molar-refractivity contribution in [3.05, 3.63) is 3.97 Å². The maximum absolute atomic E-state index is 2.25. The van der Waals surface area contributed by atoms with Crippen LogP contribution in [0.1, 0.15) is 13.8 Å². The Morgan fingerprint density at radius 3 is 1.67 bits per heavy atom. The van der Waals surface area contributed by atoms with E-state index >= 15 is 0 Å². The van der Waals surface area contributed by atoms with E-state index in [9.17, 15) is 0 Å². The van der Waals surface area contributed by atoms with Crippen LogP contribution in [0.3, 0.4) is 0 Å². The maximum atomic E-state index is 2.25. The fourth-order valence-corrected chi connectivity index (χ4v) is 0. The second-order valence-corrected chi connectivity index (χ2v) is 12.2. The Kier molecular flexibility index (Phi) is 19.2. The Labute approximate surface area is 120 Å². The first kappa shape index (κ1) is 12.7. The molecule has 0 aromatic carbocycles. The molecule has 1 radical (unpaired) electrons. The standard InChI is InChI=1S/C3H6Te.Ra.Rb/c1-3(2)4;;/h1-2H3;;/q-2;2*+1. The third-order valence-electron chi connectivity index (χ3n) is 0.289. The van der Waals surface area contributed by atoms with Gasteiger partial charge in [0.15, 0.2) is 0 Å². The molecule has 0 spiro atoms. The van der Waals surface area contributed by atoms with Gasteiger partial charge in [-0.1, -0.05) is 0 Å². The van der Waals surface area contributed by atoms with E-state index in [1.807, 2.05) is 0 Å². The molecule has 0 saturated carbocycles. The molecule has 0 atom stereocenters. The molecule has 0 aromatic rings. The first-order valence-electron chi connectivity index (χ1n) is 1.49. The monoisotopic (exact) mass is 483 g/mol. The van der Waals surface area contributed by atoms with Crippen LogP contribution in [-0.4, -0.2) is 11.4 Å². The Hall–Kier alpha value is 4.06. The first-order valence-corrected chi connectivity index (χ1v) is 20.2. The molecule has 0 aliphatic carbocycles. The van der Waals surface area contributed by atoms with Gasteiger partial charge in [-0.25, -0.2) is 0 Å². The van der Waals surface area contributed by atoms with Crippen molar-refractivity contribution in [2.45, 2.75) is 13.8 Å². The van der Waals surface area contributed by atoms with Crippen LogP contribution in [0, 0.1) is 41.1 Å². The molecule has 0 bridgehead atoms. The van der Waals surface area contributed by atoms with Crippen molar-refractivity contribution in [1.29, 1.82) is 0 Å². The van der Waals surface area contributed by atoms with E-state index in [-0.39, 0.29) is 58.2 Å². The molecular weight excluding hydrogens is 475 g/mol. The van der Waals surface area contributed by atoms with Crippen LogP contribution >= 0.6 is 0 Å². The predicted molar refractivity (Wildman–Crippen MR) is 20.3 cm³/mol. The molecule has 0 aliphatic rings. The largest absolute Gasteiger partial charge is 1.00 e. The van der Waals surface area contributed by atoms with Crippen LogP contribution in [0.25, 0.3) is 0 Å². The van der Waals surface area contributed by atoms with Gasteiger partial charge in [-0.2, -0.15) is 0 Å². The minimum absolute atomic E-state index is 0. The van der Waals surface area contributed by atoms with Gasteiger partial charge < -0.3 is 0 Å². The average Bonchev–Trinajstić information content (AvgIpc) is 1.38. The minimum atomic E-state index is 0. The molecule has 0 rings (SSSR count). The van der Waals surface area contributed by atoms with Crippen molar-refractivity contribution in [1.82, 2.24) is 0 Å². The SMILES string of the molecule is C[C-](C)[Te][Ra].[Rb+]. The van der Waals surface area contributed by atoms with E-state index in [4.69, 9.17) is 0 Å². The van der Waals surface area contributed by atoms with Crippen LogP contribution in [0.4, 0.5) is 0 Å². The van der Waals surface area contributed by atoms with Gasteiger partial charge in [0.25, 0.3) is 0 Å². The van der Waals surface area contributed by atoms with E-state index in [2.05, 4.69) is 13.8 Å². The minimum Gasteiger partial charge on any atom is 1.00 e. The number of rotatable bonds is 1. The van der Waals surface area contributed by atoms with Crippen LogP contribution in [0.2, 0.25) is 0 Å². The third kappa shape index (κ3) is 10.9. The molecule has 3 heteroatoms. The summed E-state index contributed by atoms with van der Waals surface area (Å²) in [5, 5.41) is 0. The van der Waals surface area contributed by atoms with E-state index in [0.717, 1.165) is 37.1 Å². The smallest absolute Gasteiger partial charge is 1.00 e. The van der Waals surface area contributed by atoms with Crippen LogP contribution in [0.15, 0.2) is 0 Å². The molecule has 0 fully saturated rings. The zero-order chi connectivity index (χ0) is 4.28. The number of hydrogen-bond donors (Lipinski definition) is 0. The van der Waals surface area contributed by atoms with E-state index in [1.54, 1.807) is 3.97 Å². The first-order chi connectivity index (χ1) is 2.27. The topological polar surface area (TPSA) is 0 Å². The Morgan fingerprint density at radius 2 is 1.67 bits per heavy atom. The quantitative estimate of drug-likeness (QED) is 0.293. The van der Waals surface area contributed by atoms with E-state index in [0.29, 0.717) is 11.4 Å². The van der Waals surface area contributed by atoms with Gasteiger partial charge in [0.05, 0.1) is 0 Å². The Bertz CT molecular complexity index is 24.8. The van der Waals surface area contributed by atoms with Crippen LogP contribution < -0.4 is 58.2 Å². The molecule has 0 heterocycles. The molecule has 0 saturated heterocycles. The summed E-state index contributed by atoms with van der Waals surface area (Å²) in [5.74, 6) is 0. The van der Waals surface area contributed by atoms with Crippen molar-refractivity contribution < 1.29 is 95.3 Å². The summed E-state index contributed by atoms with van der Waals surface area (Å²) in [6, 6.07) is 0. The molecule has 0 aromatic heterocycles. The molecule has 6 heavy (non-hydrogen) atoms. The van der Waals surface area contributed by atoms with Gasteiger partial charge in [0.1, 0.15) is 0 Å². The normalized spacial score (nSPS) is 7.67. The molecule has 0 amide bonds. The molecule has 27 valence electrons. The molecule has 0 nitrogen and oxygen atoms in total. The summed E-state index contributed by atoms with van der Waals surface area (Å²) in [5.41, 5.74) is 0. The van der Waals surface area contributed by atoms with Crippen molar-refractivity contribution in [3.63, 3.8) is 0 Å². The van der Waals surface area contributed by atoms with Crippen LogP contribution in [0.5, 0.6) is 0 Å². The van der Waals surface area contributed by atoms with E-state index < -0.39 is 0 Å². The summed E-state index contributed by atoms with van der Waals surface area (Å²) in [6.45, 7) is 4.50. The zero-order valence-electron chi connectivity index (χ0n) is 4.62. The van der Waals surface area contributed by atoms with Crippen molar-refractivity contribution in [3.8, 4) is 0 Å². The predicted octanol–water partition coefficient (Wildman–Crippen LogP) is -2.27. The summed E-state index contributed by atoms with van der Waals surface area (Å²) >= 11 is 1.58. The molecular formula is C3H6RaRbTe. The van der Waals surface area contributed by atoms with Gasteiger partial charge in [-0.15, -0.1) is 0 Å². The Balaban J connectivity index is 0. The van der Waals surface area contributed by atoms with Gasteiger partial charge in [-0.05, 0) is 0 Å². The second kappa shape index (κ2) is 9.06. The number of hydrogen-bond acceptors (Lipinski definition) is 0. The summed E-state index contributed by atoms with van der Waals surface area (Å²) in [6.07, 6.45) is 0. The van der Waals surface area contributed by atoms with E-state index in [1.165, 1.54) is 0 Å². The average molecular weight is 481 g/mol. The molecule has 0 unspecified atom stereocenters. The summed E-state index contributed by atoms with van der Waals surface area (Å²) in [7, 11) is 0. The fraction of sp³-hybridized carbons (Fsp3) is 0.667. The molecule has 0 N–H and O–H groups in total. The van der Waals surface area contributed by atoms with Gasteiger partial charge >= 0.3 is 125 Å². The van der Waals surface area contributed by atoms with Gasteiger partial charge in [0, 0.05) is 0 Å². The molecule has 0 aliphatic heterocycles. The van der Waals surface area contributed by atoms with Gasteiger partial charge in [0.2, 0.25) is 0 Å². The van der Waals surface area contributed by atoms with Crippen molar-refractivity contribution >= 4 is 11.4 Å². The van der Waals surface area contributed by atoms with Crippen LogP contribution in [-0.2, 0) is 0 Å². The second-order valence-electron chi connectivity index (χ2n) is 1.05. The van der Waals surface area contributed by atoms with Crippen molar-refractivity contribution in [2.24, 2.45) is 0 Å². The van der Waals surface area contributed by atoms with Gasteiger partial charge in [-0.3, -0.25) is 0 Å². The zero-order valence-corrected chi connectivity index (χ0v) is 17.7. The third-order valence-corrected chi connectivity index (χ3v) is 17.9. The summed E-state index contributed by atoms with van der Waals surface area (Å²) in [4.78, 5) is 0. The fourth-order valence-electron chi connectivity index (χ4n) is 0. The summed E-state index contributed by atoms with van der Waals surface area (Å²) < 4.78 is 1.73. The Morgan fingerprint density at radius 1 is 1.50 bits per heavy atom. The van der Waals surface area contributed by atoms with Crippen molar-refractivity contribution in [2.75, 3.05) is 0 Å².